The van der Waals surface area contributed by atoms with Crippen molar-refractivity contribution in [1.29, 1.82) is 0 Å². The predicted octanol–water partition coefficient (Wildman–Crippen LogP) is 2.55. The fourth-order valence-electron chi connectivity index (χ4n) is 4.75. The molecule has 2 fully saturated rings. The molecule has 4 heteroatoms. The van der Waals surface area contributed by atoms with Crippen LogP contribution in [0.25, 0.3) is 0 Å². The fourth-order valence-corrected chi connectivity index (χ4v) is 4.75. The summed E-state index contributed by atoms with van der Waals surface area (Å²) in [6.45, 7) is 5.94. The maximum absolute atomic E-state index is 12.0. The van der Waals surface area contributed by atoms with Gasteiger partial charge >= 0.3 is 5.97 Å². The summed E-state index contributed by atoms with van der Waals surface area (Å²) in [4.78, 5) is 12.0. The van der Waals surface area contributed by atoms with E-state index >= 15 is 0 Å². The van der Waals surface area contributed by atoms with Crippen LogP contribution in [0, 0.1) is 11.3 Å². The minimum Gasteiger partial charge on any atom is -0.426 e. The molecule has 2 saturated carbocycles. The highest BCUT2D eigenvalue weighted by Gasteiger charge is 2.61. The third-order valence-corrected chi connectivity index (χ3v) is 5.87. The van der Waals surface area contributed by atoms with Gasteiger partial charge in [0.2, 0.25) is 5.79 Å². The standard InChI is InChI=1S/C16H24O4/c1-10-11-8-12-14(2,6-5-7-15(12,3)18)9-16(11,19-4)20-13(10)17/h12,18H,5-9H2,1-4H3. The lowest BCUT2D eigenvalue weighted by Crippen LogP contribution is -2.56. The van der Waals surface area contributed by atoms with Crippen LogP contribution >= 0.6 is 0 Å². The molecule has 2 aliphatic carbocycles. The lowest BCUT2D eigenvalue weighted by Gasteiger charge is -2.56. The number of carbonyl (C=O) groups excluding carboxylic acids is 1. The number of ether oxygens (including phenoxy) is 2. The summed E-state index contributed by atoms with van der Waals surface area (Å²) in [6, 6.07) is 0. The highest BCUT2D eigenvalue weighted by Crippen LogP contribution is 2.60. The van der Waals surface area contributed by atoms with Gasteiger partial charge in [-0.05, 0) is 44.4 Å². The van der Waals surface area contributed by atoms with Crippen molar-refractivity contribution >= 4 is 5.97 Å². The van der Waals surface area contributed by atoms with E-state index in [-0.39, 0.29) is 17.3 Å². The number of methoxy groups -OCH3 is 1. The number of esters is 1. The number of rotatable bonds is 1. The van der Waals surface area contributed by atoms with Crippen molar-refractivity contribution in [2.24, 2.45) is 11.3 Å². The van der Waals surface area contributed by atoms with Crippen LogP contribution in [-0.4, -0.2) is 29.6 Å². The van der Waals surface area contributed by atoms with Gasteiger partial charge < -0.3 is 14.6 Å². The average Bonchev–Trinajstić information content (AvgIpc) is 2.59. The van der Waals surface area contributed by atoms with Crippen molar-refractivity contribution in [3.05, 3.63) is 11.1 Å². The molecule has 4 atom stereocenters. The molecule has 0 aromatic carbocycles. The van der Waals surface area contributed by atoms with Crippen LogP contribution in [-0.2, 0) is 14.3 Å². The molecular formula is C16H24O4. The number of carbonyl (C=O) groups is 1. The first-order valence-corrected chi connectivity index (χ1v) is 7.45. The molecule has 0 amide bonds. The van der Waals surface area contributed by atoms with Crippen LogP contribution in [0.1, 0.15) is 52.9 Å². The Labute approximate surface area is 120 Å². The van der Waals surface area contributed by atoms with Gasteiger partial charge in [-0.25, -0.2) is 4.79 Å². The summed E-state index contributed by atoms with van der Waals surface area (Å²) < 4.78 is 11.2. The zero-order valence-corrected chi connectivity index (χ0v) is 12.8. The molecule has 1 N–H and O–H groups in total. The Bertz CT molecular complexity index is 493. The van der Waals surface area contributed by atoms with Crippen molar-refractivity contribution in [2.75, 3.05) is 7.11 Å². The largest absolute Gasteiger partial charge is 0.426 e. The zero-order valence-electron chi connectivity index (χ0n) is 12.8. The van der Waals surface area contributed by atoms with E-state index in [1.807, 2.05) is 6.92 Å². The van der Waals surface area contributed by atoms with Crippen molar-refractivity contribution in [1.82, 2.24) is 0 Å². The highest BCUT2D eigenvalue weighted by atomic mass is 16.7. The fraction of sp³-hybridized carbons (Fsp3) is 0.812. The molecule has 112 valence electrons. The molecule has 3 rings (SSSR count). The Hall–Kier alpha value is -0.870. The van der Waals surface area contributed by atoms with E-state index in [1.165, 1.54) is 0 Å². The van der Waals surface area contributed by atoms with Gasteiger partial charge in [-0.15, -0.1) is 0 Å². The summed E-state index contributed by atoms with van der Waals surface area (Å²) >= 11 is 0. The first-order valence-electron chi connectivity index (χ1n) is 7.45. The summed E-state index contributed by atoms with van der Waals surface area (Å²) in [5.74, 6) is -1.00. The highest BCUT2D eigenvalue weighted by molar-refractivity contribution is 5.92. The van der Waals surface area contributed by atoms with E-state index in [4.69, 9.17) is 9.47 Å². The molecule has 4 nitrogen and oxygen atoms in total. The van der Waals surface area contributed by atoms with E-state index in [1.54, 1.807) is 14.0 Å². The third kappa shape index (κ3) is 1.70. The molecule has 3 aliphatic rings. The Morgan fingerprint density at radius 3 is 2.70 bits per heavy atom. The van der Waals surface area contributed by atoms with E-state index in [9.17, 15) is 9.90 Å². The molecule has 0 radical (unpaired) electrons. The average molecular weight is 280 g/mol. The topological polar surface area (TPSA) is 55.8 Å². The lowest BCUT2D eigenvalue weighted by molar-refractivity contribution is -0.231. The monoisotopic (exact) mass is 280 g/mol. The van der Waals surface area contributed by atoms with E-state index in [0.29, 0.717) is 18.4 Å². The molecule has 0 spiro atoms. The molecule has 0 bridgehead atoms. The van der Waals surface area contributed by atoms with Gasteiger partial charge in [0.15, 0.2) is 0 Å². The van der Waals surface area contributed by atoms with Crippen molar-refractivity contribution in [3.8, 4) is 0 Å². The Morgan fingerprint density at radius 1 is 1.35 bits per heavy atom. The quantitative estimate of drug-likeness (QED) is 0.750. The zero-order chi connectivity index (χ0) is 14.8. The molecule has 1 heterocycles. The predicted molar refractivity (Wildman–Crippen MR) is 73.8 cm³/mol. The third-order valence-electron chi connectivity index (χ3n) is 5.87. The van der Waals surface area contributed by atoms with Crippen LogP contribution in [0.5, 0.6) is 0 Å². The SMILES string of the molecule is COC12CC3(C)CCCC(C)(O)C3CC1=C(C)C(=O)O2. The van der Waals surface area contributed by atoms with Gasteiger partial charge in [-0.3, -0.25) is 0 Å². The molecule has 4 unspecified atom stereocenters. The lowest BCUT2D eigenvalue weighted by atomic mass is 9.53. The Morgan fingerprint density at radius 2 is 2.05 bits per heavy atom. The summed E-state index contributed by atoms with van der Waals surface area (Å²) in [5.41, 5.74) is 0.878. The number of fused-ring (bicyclic) bond motifs is 2. The maximum Gasteiger partial charge on any atom is 0.336 e. The summed E-state index contributed by atoms with van der Waals surface area (Å²) in [7, 11) is 1.61. The second-order valence-corrected chi connectivity index (χ2v) is 7.25. The number of hydrogen-bond donors (Lipinski definition) is 1. The van der Waals surface area contributed by atoms with Gasteiger partial charge in [0.1, 0.15) is 0 Å². The Kier molecular flexibility index (Phi) is 2.87. The normalized spacial score (nSPS) is 47.9. The van der Waals surface area contributed by atoms with E-state index in [2.05, 4.69) is 6.92 Å². The van der Waals surface area contributed by atoms with Crippen LogP contribution in [0.3, 0.4) is 0 Å². The smallest absolute Gasteiger partial charge is 0.336 e. The van der Waals surface area contributed by atoms with Gasteiger partial charge in [-0.1, -0.05) is 13.3 Å². The molecule has 1 aliphatic heterocycles. The first-order chi connectivity index (χ1) is 9.24. The minimum atomic E-state index is -0.889. The summed E-state index contributed by atoms with van der Waals surface area (Å²) in [6.07, 6.45) is 4.22. The molecule has 0 aromatic rings. The van der Waals surface area contributed by atoms with Crippen LogP contribution in [0.4, 0.5) is 0 Å². The molecule has 0 saturated heterocycles. The molecule has 20 heavy (non-hydrogen) atoms. The van der Waals surface area contributed by atoms with Crippen molar-refractivity contribution in [3.63, 3.8) is 0 Å². The van der Waals surface area contributed by atoms with Crippen LogP contribution in [0.15, 0.2) is 11.1 Å². The molecule has 0 aromatic heterocycles. The second kappa shape index (κ2) is 4.08. The summed E-state index contributed by atoms with van der Waals surface area (Å²) in [5, 5.41) is 10.8. The van der Waals surface area contributed by atoms with Gasteiger partial charge in [0.05, 0.1) is 5.60 Å². The van der Waals surface area contributed by atoms with Crippen LogP contribution in [0.2, 0.25) is 0 Å². The second-order valence-electron chi connectivity index (χ2n) is 7.25. The van der Waals surface area contributed by atoms with E-state index in [0.717, 1.165) is 24.8 Å². The van der Waals surface area contributed by atoms with Crippen LogP contribution < -0.4 is 0 Å². The van der Waals surface area contributed by atoms with Crippen molar-refractivity contribution < 1.29 is 19.4 Å². The van der Waals surface area contributed by atoms with Gasteiger partial charge in [0.25, 0.3) is 0 Å². The maximum atomic E-state index is 12.0. The molecular weight excluding hydrogens is 256 g/mol. The van der Waals surface area contributed by atoms with Crippen molar-refractivity contribution in [2.45, 2.75) is 64.3 Å². The van der Waals surface area contributed by atoms with Gasteiger partial charge in [0, 0.05) is 24.7 Å². The van der Waals surface area contributed by atoms with Gasteiger partial charge in [-0.2, -0.15) is 0 Å². The number of hydrogen-bond acceptors (Lipinski definition) is 4. The number of aliphatic hydroxyl groups is 1. The minimum absolute atomic E-state index is 0.0494. The van der Waals surface area contributed by atoms with E-state index < -0.39 is 11.4 Å². The first kappa shape index (κ1) is 14.1. The Balaban J connectivity index is 2.06.